The molecule has 0 saturated carbocycles. The summed E-state index contributed by atoms with van der Waals surface area (Å²) in [5.74, 6) is 0. The number of alkyl carbamates (subject to hydrolysis) is 1. The SMILES string of the molecule is O=C(N[C@H]1C[C@@H](c2cccc([N+](=O)[O-])c2)N2C(c3ccccc3)=CCc3cccc1c32)OCc1ccccc1. The molecular formula is C32H27N3O4. The van der Waals surface area contributed by atoms with Crippen molar-refractivity contribution in [2.45, 2.75) is 31.5 Å². The van der Waals surface area contributed by atoms with Gasteiger partial charge in [-0.3, -0.25) is 10.1 Å². The molecule has 7 heteroatoms. The minimum Gasteiger partial charge on any atom is -0.445 e. The molecule has 2 aliphatic rings. The van der Waals surface area contributed by atoms with Gasteiger partial charge in [-0.15, -0.1) is 0 Å². The van der Waals surface area contributed by atoms with Crippen LogP contribution in [-0.4, -0.2) is 11.0 Å². The number of hydrogen-bond donors (Lipinski definition) is 1. The molecule has 7 nitrogen and oxygen atoms in total. The molecule has 0 saturated heterocycles. The Morgan fingerprint density at radius 1 is 0.949 bits per heavy atom. The van der Waals surface area contributed by atoms with Crippen LogP contribution in [0.3, 0.4) is 0 Å². The van der Waals surface area contributed by atoms with Crippen LogP contribution in [0.25, 0.3) is 5.70 Å². The van der Waals surface area contributed by atoms with E-state index in [1.165, 1.54) is 6.07 Å². The summed E-state index contributed by atoms with van der Waals surface area (Å²) in [6.07, 6.45) is 2.98. The predicted octanol–water partition coefficient (Wildman–Crippen LogP) is 7.11. The average molecular weight is 518 g/mol. The first-order valence-electron chi connectivity index (χ1n) is 13.0. The molecule has 2 aliphatic heterocycles. The molecule has 6 rings (SSSR count). The van der Waals surface area contributed by atoms with Crippen LogP contribution in [0.1, 0.15) is 46.3 Å². The van der Waals surface area contributed by atoms with Crippen molar-refractivity contribution in [3.8, 4) is 0 Å². The number of hydrogen-bond acceptors (Lipinski definition) is 5. The van der Waals surface area contributed by atoms with Crippen LogP contribution in [0.15, 0.2) is 109 Å². The molecule has 1 amide bonds. The van der Waals surface area contributed by atoms with Crippen molar-refractivity contribution in [3.05, 3.63) is 147 Å². The maximum atomic E-state index is 13.0. The summed E-state index contributed by atoms with van der Waals surface area (Å²) in [6, 6.07) is 32.1. The minimum absolute atomic E-state index is 0.0422. The van der Waals surface area contributed by atoms with E-state index in [9.17, 15) is 14.9 Å². The van der Waals surface area contributed by atoms with Crippen LogP contribution in [0, 0.1) is 10.1 Å². The van der Waals surface area contributed by atoms with E-state index in [1.54, 1.807) is 12.1 Å². The third kappa shape index (κ3) is 4.86. The predicted molar refractivity (Wildman–Crippen MR) is 150 cm³/mol. The lowest BCUT2D eigenvalue weighted by molar-refractivity contribution is -0.384. The second kappa shape index (κ2) is 10.5. The molecule has 194 valence electrons. The molecule has 4 aromatic carbocycles. The van der Waals surface area contributed by atoms with Crippen molar-refractivity contribution < 1.29 is 14.5 Å². The molecule has 0 unspecified atom stereocenters. The van der Waals surface area contributed by atoms with Gasteiger partial charge in [-0.05, 0) is 40.7 Å². The monoisotopic (exact) mass is 517 g/mol. The minimum atomic E-state index is -0.498. The van der Waals surface area contributed by atoms with Gasteiger partial charge in [0.1, 0.15) is 6.61 Å². The summed E-state index contributed by atoms with van der Waals surface area (Å²) in [4.78, 5) is 26.5. The number of amides is 1. The summed E-state index contributed by atoms with van der Waals surface area (Å²) in [7, 11) is 0. The van der Waals surface area contributed by atoms with Gasteiger partial charge in [0.05, 0.1) is 22.7 Å². The molecule has 2 heterocycles. The van der Waals surface area contributed by atoms with Gasteiger partial charge >= 0.3 is 6.09 Å². The number of non-ortho nitro benzene ring substituents is 1. The number of allylic oxidation sites excluding steroid dienone is 1. The average Bonchev–Trinajstić information content (AvgIpc) is 2.98. The van der Waals surface area contributed by atoms with Crippen molar-refractivity contribution in [1.82, 2.24) is 5.32 Å². The largest absolute Gasteiger partial charge is 0.445 e. The lowest BCUT2D eigenvalue weighted by Gasteiger charge is -2.46. The molecule has 0 aromatic heterocycles. The quantitative estimate of drug-likeness (QED) is 0.218. The smallest absolute Gasteiger partial charge is 0.407 e. The van der Waals surface area contributed by atoms with Crippen LogP contribution in [0.2, 0.25) is 0 Å². The van der Waals surface area contributed by atoms with E-state index in [4.69, 9.17) is 4.74 Å². The molecule has 0 spiro atoms. The van der Waals surface area contributed by atoms with Crippen LogP contribution < -0.4 is 10.2 Å². The summed E-state index contributed by atoms with van der Waals surface area (Å²) >= 11 is 0. The Balaban J connectivity index is 1.39. The molecule has 0 aliphatic carbocycles. The third-order valence-electron chi connectivity index (χ3n) is 7.35. The second-order valence-corrected chi connectivity index (χ2v) is 9.75. The zero-order valence-corrected chi connectivity index (χ0v) is 21.2. The van der Waals surface area contributed by atoms with Crippen LogP contribution in [0.4, 0.5) is 16.2 Å². The van der Waals surface area contributed by atoms with Gasteiger partial charge < -0.3 is 15.0 Å². The van der Waals surface area contributed by atoms with Gasteiger partial charge in [0.2, 0.25) is 0 Å². The van der Waals surface area contributed by atoms with E-state index in [0.717, 1.165) is 45.6 Å². The number of benzene rings is 4. The molecular weight excluding hydrogens is 490 g/mol. The first kappa shape index (κ1) is 24.4. The molecule has 1 N–H and O–H groups in total. The van der Waals surface area contributed by atoms with Crippen molar-refractivity contribution >= 4 is 23.2 Å². The van der Waals surface area contributed by atoms with Gasteiger partial charge in [0, 0.05) is 17.8 Å². The first-order valence-corrected chi connectivity index (χ1v) is 13.0. The number of ether oxygens (including phenoxy) is 1. The Kier molecular flexibility index (Phi) is 6.55. The van der Waals surface area contributed by atoms with Crippen LogP contribution in [0.5, 0.6) is 0 Å². The van der Waals surface area contributed by atoms with Crippen LogP contribution in [-0.2, 0) is 17.8 Å². The van der Waals surface area contributed by atoms with Crippen molar-refractivity contribution in [2.75, 3.05) is 4.90 Å². The third-order valence-corrected chi connectivity index (χ3v) is 7.35. The number of nitrogens with zero attached hydrogens (tertiary/aromatic N) is 2. The Hall–Kier alpha value is -4.91. The van der Waals surface area contributed by atoms with E-state index in [-0.39, 0.29) is 29.3 Å². The lowest BCUT2D eigenvalue weighted by Crippen LogP contribution is -2.41. The zero-order chi connectivity index (χ0) is 26.8. The molecule has 0 radical (unpaired) electrons. The standard InChI is InChI=1S/C32H27N3O4/c36-32(39-21-22-9-3-1-4-10-22)33-28-20-30(25-14-7-15-26(19-25)35(37)38)34-29(23-11-5-2-6-12-23)18-17-24-13-8-16-27(28)31(24)34/h1-16,18-19,28,30H,17,20-21H2,(H,33,36)/t28-,30-/m0/s1. The fraction of sp³-hybridized carbons (Fsp3) is 0.156. The number of nitro groups is 1. The molecule has 0 fully saturated rings. The van der Waals surface area contributed by atoms with Gasteiger partial charge in [0.25, 0.3) is 5.69 Å². The summed E-state index contributed by atoms with van der Waals surface area (Å²) in [6.45, 7) is 0.174. The number of rotatable bonds is 6. The zero-order valence-electron chi connectivity index (χ0n) is 21.2. The van der Waals surface area contributed by atoms with E-state index >= 15 is 0 Å². The normalized spacial score (nSPS) is 17.5. The number of para-hydroxylation sites is 1. The Morgan fingerprint density at radius 2 is 1.69 bits per heavy atom. The Labute approximate surface area is 226 Å². The number of nitro benzene ring substituents is 1. The summed E-state index contributed by atoms with van der Waals surface area (Å²) in [5, 5.41) is 14.7. The molecule has 4 aromatic rings. The number of carbonyl (C=O) groups excluding carboxylic acids is 1. The highest BCUT2D eigenvalue weighted by molar-refractivity contribution is 5.87. The summed E-state index contributed by atoms with van der Waals surface area (Å²) < 4.78 is 5.56. The Morgan fingerprint density at radius 3 is 2.46 bits per heavy atom. The van der Waals surface area contributed by atoms with Gasteiger partial charge in [-0.25, -0.2) is 4.79 Å². The highest BCUT2D eigenvalue weighted by atomic mass is 16.6. The number of carbonyl (C=O) groups is 1. The highest BCUT2D eigenvalue weighted by Gasteiger charge is 2.39. The van der Waals surface area contributed by atoms with E-state index in [0.29, 0.717) is 6.42 Å². The van der Waals surface area contributed by atoms with Gasteiger partial charge in [0.15, 0.2) is 0 Å². The topological polar surface area (TPSA) is 84.7 Å². The van der Waals surface area contributed by atoms with Crippen molar-refractivity contribution in [3.63, 3.8) is 0 Å². The fourth-order valence-corrected chi connectivity index (χ4v) is 5.60. The first-order chi connectivity index (χ1) is 19.1. The van der Waals surface area contributed by atoms with Gasteiger partial charge in [-0.1, -0.05) is 97.1 Å². The summed E-state index contributed by atoms with van der Waals surface area (Å²) in [5.41, 5.74) is 7.08. The van der Waals surface area contributed by atoms with Crippen LogP contribution >= 0.6 is 0 Å². The highest BCUT2D eigenvalue weighted by Crippen LogP contribution is 2.51. The molecule has 39 heavy (non-hydrogen) atoms. The second-order valence-electron chi connectivity index (χ2n) is 9.75. The number of anilines is 1. The van der Waals surface area contributed by atoms with Gasteiger partial charge in [-0.2, -0.15) is 0 Å². The molecule has 0 bridgehead atoms. The van der Waals surface area contributed by atoms with E-state index in [2.05, 4.69) is 34.5 Å². The molecule has 2 atom stereocenters. The number of nitrogens with one attached hydrogen (secondary N) is 1. The maximum Gasteiger partial charge on any atom is 0.407 e. The van der Waals surface area contributed by atoms with E-state index < -0.39 is 6.09 Å². The fourth-order valence-electron chi connectivity index (χ4n) is 5.60. The van der Waals surface area contributed by atoms with E-state index in [1.807, 2.05) is 66.7 Å². The van der Waals surface area contributed by atoms with Crippen molar-refractivity contribution in [2.24, 2.45) is 0 Å². The maximum absolute atomic E-state index is 13.0. The Bertz CT molecular complexity index is 1550. The van der Waals surface area contributed by atoms with Crippen molar-refractivity contribution in [1.29, 1.82) is 0 Å². The lowest BCUT2D eigenvalue weighted by atomic mass is 9.82.